The molecule has 0 saturated heterocycles. The largest absolute Gasteiger partial charge is 0.390 e. The van der Waals surface area contributed by atoms with Crippen LogP contribution in [0, 0.1) is 5.92 Å². The van der Waals surface area contributed by atoms with E-state index < -0.39 is 12.1 Å². The monoisotopic (exact) mass is 458 g/mol. The van der Waals surface area contributed by atoms with Gasteiger partial charge in [-0.2, -0.15) is 0 Å². The Labute approximate surface area is 194 Å². The van der Waals surface area contributed by atoms with Crippen molar-refractivity contribution in [2.75, 3.05) is 31.5 Å². The maximum Gasteiger partial charge on any atom is 0.319 e. The fraction of sp³-hybridized carbons (Fsp3) is 0.417. The van der Waals surface area contributed by atoms with Gasteiger partial charge in [0.1, 0.15) is 0 Å². The first kappa shape index (κ1) is 24.0. The fourth-order valence-corrected chi connectivity index (χ4v) is 3.89. The highest BCUT2D eigenvalue weighted by Crippen LogP contribution is 2.21. The number of carbonyl (C=O) groups is 2. The molecule has 3 amide bonds. The van der Waals surface area contributed by atoms with Crippen molar-refractivity contribution in [1.29, 1.82) is 0 Å². The van der Waals surface area contributed by atoms with Crippen LogP contribution in [-0.4, -0.2) is 54.2 Å². The van der Waals surface area contributed by atoms with Crippen molar-refractivity contribution in [2.45, 2.75) is 32.9 Å². The average molecular weight is 459 g/mol. The number of β-amino-alcohol motifs (C(OH)–C–C–N with tert-alkyl or cyclic N) is 1. The van der Waals surface area contributed by atoms with Gasteiger partial charge in [0.05, 0.1) is 16.7 Å². The van der Waals surface area contributed by atoms with Crippen LogP contribution in [0.5, 0.6) is 0 Å². The molecule has 0 radical (unpaired) electrons. The van der Waals surface area contributed by atoms with Crippen molar-refractivity contribution in [3.8, 4) is 0 Å². The van der Waals surface area contributed by atoms with Gasteiger partial charge >= 0.3 is 6.03 Å². The molecule has 4 N–H and O–H groups in total. The van der Waals surface area contributed by atoms with Gasteiger partial charge in [0, 0.05) is 38.4 Å². The lowest BCUT2D eigenvalue weighted by molar-refractivity contribution is 0.0949. The van der Waals surface area contributed by atoms with Gasteiger partial charge in [-0.25, -0.2) is 4.79 Å². The number of anilines is 1. The lowest BCUT2D eigenvalue weighted by Gasteiger charge is -2.30. The molecular formula is C24H31ClN4O3. The zero-order valence-corrected chi connectivity index (χ0v) is 19.3. The normalized spacial score (nSPS) is 14.5. The molecule has 3 rings (SSSR count). The molecule has 0 spiro atoms. The van der Waals surface area contributed by atoms with Gasteiger partial charge in [-0.1, -0.05) is 49.7 Å². The van der Waals surface area contributed by atoms with Gasteiger partial charge in [-0.05, 0) is 41.7 Å². The Morgan fingerprint density at radius 1 is 1.09 bits per heavy atom. The summed E-state index contributed by atoms with van der Waals surface area (Å²) in [4.78, 5) is 26.6. The second-order valence-electron chi connectivity index (χ2n) is 8.54. The van der Waals surface area contributed by atoms with Crippen LogP contribution >= 0.6 is 11.6 Å². The van der Waals surface area contributed by atoms with E-state index in [1.165, 1.54) is 17.2 Å². The molecule has 1 unspecified atom stereocenters. The molecule has 172 valence electrons. The summed E-state index contributed by atoms with van der Waals surface area (Å²) in [6, 6.07) is 12.6. The molecule has 2 aromatic carbocycles. The second kappa shape index (κ2) is 11.3. The van der Waals surface area contributed by atoms with Crippen LogP contribution in [-0.2, 0) is 13.0 Å². The zero-order chi connectivity index (χ0) is 23.1. The summed E-state index contributed by atoms with van der Waals surface area (Å²) in [6.07, 6.45) is 0.282. The van der Waals surface area contributed by atoms with E-state index in [1.54, 1.807) is 12.1 Å². The minimum absolute atomic E-state index is 0.132. The number of aliphatic hydroxyl groups excluding tert-OH is 1. The third kappa shape index (κ3) is 6.95. The zero-order valence-electron chi connectivity index (χ0n) is 18.5. The summed E-state index contributed by atoms with van der Waals surface area (Å²) in [6.45, 7) is 6.88. The highest BCUT2D eigenvalue weighted by atomic mass is 35.5. The Morgan fingerprint density at radius 2 is 1.84 bits per heavy atom. The number of benzene rings is 2. The Morgan fingerprint density at radius 3 is 2.56 bits per heavy atom. The summed E-state index contributed by atoms with van der Waals surface area (Å²) >= 11 is 6.22. The average Bonchev–Trinajstić information content (AvgIpc) is 2.76. The van der Waals surface area contributed by atoms with Crippen LogP contribution in [0.15, 0.2) is 42.5 Å². The molecule has 0 saturated carbocycles. The summed E-state index contributed by atoms with van der Waals surface area (Å²) in [5.74, 6) is 0.0894. The molecule has 0 fully saturated rings. The number of urea groups is 1. The van der Waals surface area contributed by atoms with Crippen LogP contribution in [0.4, 0.5) is 10.5 Å². The number of hydrogen-bond acceptors (Lipinski definition) is 4. The topological polar surface area (TPSA) is 93.7 Å². The maximum atomic E-state index is 12.2. The van der Waals surface area contributed by atoms with Crippen LogP contribution in [0.1, 0.15) is 35.3 Å². The highest BCUT2D eigenvalue weighted by Gasteiger charge is 2.19. The van der Waals surface area contributed by atoms with E-state index in [1.807, 2.05) is 26.0 Å². The summed E-state index contributed by atoms with van der Waals surface area (Å²) in [5, 5.41) is 18.8. The molecule has 1 atom stereocenters. The van der Waals surface area contributed by atoms with E-state index in [9.17, 15) is 14.7 Å². The van der Waals surface area contributed by atoms with E-state index in [4.69, 9.17) is 11.6 Å². The van der Waals surface area contributed by atoms with Crippen LogP contribution in [0.2, 0.25) is 5.02 Å². The minimum atomic E-state index is -0.679. The number of halogens is 1. The number of amides is 3. The molecule has 0 bridgehead atoms. The summed E-state index contributed by atoms with van der Waals surface area (Å²) < 4.78 is 0. The van der Waals surface area contributed by atoms with Crippen LogP contribution in [0.25, 0.3) is 0 Å². The summed E-state index contributed by atoms with van der Waals surface area (Å²) in [5.41, 5.74) is 3.47. The number of aliphatic hydroxyl groups is 1. The Kier molecular flexibility index (Phi) is 8.50. The van der Waals surface area contributed by atoms with E-state index in [0.717, 1.165) is 19.5 Å². The van der Waals surface area contributed by atoms with Gasteiger partial charge in [0.15, 0.2) is 0 Å². The molecule has 32 heavy (non-hydrogen) atoms. The second-order valence-corrected chi connectivity index (χ2v) is 8.95. The highest BCUT2D eigenvalue weighted by molar-refractivity contribution is 6.34. The fourth-order valence-electron chi connectivity index (χ4n) is 3.63. The standard InChI is InChI=1S/C24H31ClN4O3/c1-16(2)12-26-23(31)21-8-7-19(11-22(21)25)28-24(32)27-13-20(30)15-29-10-9-17-5-3-4-6-18(17)14-29/h3-8,11,16,20,30H,9-10,12-15H2,1-2H3,(H,26,31)(H2,27,28,32). The maximum absolute atomic E-state index is 12.2. The van der Waals surface area contributed by atoms with Crippen molar-refractivity contribution in [3.63, 3.8) is 0 Å². The van der Waals surface area contributed by atoms with E-state index >= 15 is 0 Å². The third-order valence-electron chi connectivity index (χ3n) is 5.32. The molecule has 8 heteroatoms. The molecule has 1 aliphatic heterocycles. The molecule has 2 aromatic rings. The molecule has 1 heterocycles. The lowest BCUT2D eigenvalue weighted by atomic mass is 10.00. The van der Waals surface area contributed by atoms with Gasteiger partial charge < -0.3 is 21.1 Å². The Hall–Kier alpha value is -2.61. The number of carbonyl (C=O) groups excluding carboxylic acids is 2. The first-order valence-electron chi connectivity index (χ1n) is 10.9. The molecule has 7 nitrogen and oxygen atoms in total. The third-order valence-corrected chi connectivity index (χ3v) is 5.63. The first-order valence-corrected chi connectivity index (χ1v) is 11.3. The molecule has 0 aromatic heterocycles. The minimum Gasteiger partial charge on any atom is -0.390 e. The van der Waals surface area contributed by atoms with Crippen LogP contribution in [0.3, 0.4) is 0 Å². The van der Waals surface area contributed by atoms with Gasteiger partial charge in [-0.15, -0.1) is 0 Å². The first-order chi connectivity index (χ1) is 15.3. The van der Waals surface area contributed by atoms with Gasteiger partial charge in [0.2, 0.25) is 0 Å². The number of nitrogens with one attached hydrogen (secondary N) is 3. The van der Waals surface area contributed by atoms with Crippen molar-refractivity contribution in [1.82, 2.24) is 15.5 Å². The number of hydrogen-bond donors (Lipinski definition) is 4. The Balaban J connectivity index is 1.43. The number of fused-ring (bicyclic) bond motifs is 1. The predicted molar refractivity (Wildman–Crippen MR) is 127 cm³/mol. The van der Waals surface area contributed by atoms with Crippen LogP contribution < -0.4 is 16.0 Å². The number of nitrogens with zero attached hydrogens (tertiary/aromatic N) is 1. The molecular weight excluding hydrogens is 428 g/mol. The SMILES string of the molecule is CC(C)CNC(=O)c1ccc(NC(=O)NCC(O)CN2CCc3ccccc3C2)cc1Cl. The van der Waals surface area contributed by atoms with E-state index in [0.29, 0.717) is 30.3 Å². The molecule has 1 aliphatic rings. The van der Waals surface area contributed by atoms with Crippen molar-refractivity contribution in [2.24, 2.45) is 5.92 Å². The van der Waals surface area contributed by atoms with E-state index in [-0.39, 0.29) is 17.5 Å². The van der Waals surface area contributed by atoms with E-state index in [2.05, 4.69) is 33.0 Å². The van der Waals surface area contributed by atoms with Crippen molar-refractivity contribution < 1.29 is 14.7 Å². The molecule has 0 aliphatic carbocycles. The van der Waals surface area contributed by atoms with Crippen molar-refractivity contribution in [3.05, 3.63) is 64.2 Å². The quantitative estimate of drug-likeness (QED) is 0.488. The smallest absolute Gasteiger partial charge is 0.319 e. The van der Waals surface area contributed by atoms with Crippen molar-refractivity contribution >= 4 is 29.2 Å². The number of rotatable bonds is 8. The lowest BCUT2D eigenvalue weighted by Crippen LogP contribution is -2.42. The predicted octanol–water partition coefficient (Wildman–Crippen LogP) is 3.27. The van der Waals surface area contributed by atoms with Gasteiger partial charge in [0.25, 0.3) is 5.91 Å². The summed E-state index contributed by atoms with van der Waals surface area (Å²) in [7, 11) is 0. The van der Waals surface area contributed by atoms with Gasteiger partial charge in [-0.3, -0.25) is 9.69 Å². The Bertz CT molecular complexity index is 951.